The smallest absolute Gasteiger partial charge is 0.434 e. The van der Waals surface area contributed by atoms with Gasteiger partial charge in [-0.05, 0) is 19.1 Å². The van der Waals surface area contributed by atoms with Crippen molar-refractivity contribution in [1.82, 2.24) is 19.2 Å². The Morgan fingerprint density at radius 2 is 2.09 bits per heavy atom. The molecule has 0 radical (unpaired) electrons. The highest BCUT2D eigenvalue weighted by Gasteiger charge is 2.41. The number of carbonyl (C=O) groups excluding carboxylic acids is 1. The molecule has 0 saturated carbocycles. The lowest BCUT2D eigenvalue weighted by molar-refractivity contribution is -0.143. The maximum atomic E-state index is 13.4. The average molecular weight is 324 g/mol. The van der Waals surface area contributed by atoms with Gasteiger partial charge in [-0.25, -0.2) is 14.5 Å². The predicted molar refractivity (Wildman–Crippen MR) is 73.3 cm³/mol. The van der Waals surface area contributed by atoms with Crippen molar-refractivity contribution in [1.29, 1.82) is 0 Å². The van der Waals surface area contributed by atoms with Gasteiger partial charge in [-0.2, -0.15) is 18.3 Å². The van der Waals surface area contributed by atoms with Crippen molar-refractivity contribution >= 4 is 11.6 Å². The summed E-state index contributed by atoms with van der Waals surface area (Å²) in [5.41, 5.74) is -1.37. The van der Waals surface area contributed by atoms with E-state index in [2.05, 4.69) is 14.8 Å². The van der Waals surface area contributed by atoms with E-state index in [0.717, 1.165) is 6.20 Å². The summed E-state index contributed by atoms with van der Waals surface area (Å²) in [4.78, 5) is 15.8. The number of hydrogen-bond donors (Lipinski definition) is 0. The molecule has 120 valence electrons. The van der Waals surface area contributed by atoms with E-state index < -0.39 is 23.4 Å². The Kier molecular flexibility index (Phi) is 3.55. The molecule has 0 atom stereocenters. The minimum Gasteiger partial charge on any atom is -0.462 e. The number of nitrogens with zero attached hydrogens (tertiary/aromatic N) is 4. The van der Waals surface area contributed by atoms with Crippen LogP contribution in [0.1, 0.15) is 23.0 Å². The van der Waals surface area contributed by atoms with Crippen molar-refractivity contribution < 1.29 is 22.7 Å². The van der Waals surface area contributed by atoms with Crippen LogP contribution in [0.3, 0.4) is 0 Å². The Labute approximate surface area is 128 Å². The lowest BCUT2D eigenvalue weighted by atomic mass is 10.2. The highest BCUT2D eigenvalue weighted by molar-refractivity contribution is 5.90. The van der Waals surface area contributed by atoms with Crippen LogP contribution in [0.4, 0.5) is 13.2 Å². The first kappa shape index (κ1) is 15.1. The molecule has 3 rings (SSSR count). The first-order valence-electron chi connectivity index (χ1n) is 6.68. The summed E-state index contributed by atoms with van der Waals surface area (Å²) in [5.74, 6) is -0.997. The van der Waals surface area contributed by atoms with Crippen molar-refractivity contribution in [2.75, 3.05) is 6.61 Å². The van der Waals surface area contributed by atoms with Gasteiger partial charge >= 0.3 is 12.1 Å². The maximum Gasteiger partial charge on any atom is 0.434 e. The van der Waals surface area contributed by atoms with Gasteiger partial charge in [0.05, 0.1) is 19.0 Å². The third-order valence-corrected chi connectivity index (χ3v) is 3.15. The second-order valence-corrected chi connectivity index (χ2v) is 4.58. The van der Waals surface area contributed by atoms with Gasteiger partial charge in [0, 0.05) is 6.20 Å². The summed E-state index contributed by atoms with van der Waals surface area (Å²) < 4.78 is 47.1. The molecule has 0 bridgehead atoms. The minimum absolute atomic E-state index is 0.0308. The summed E-state index contributed by atoms with van der Waals surface area (Å²) >= 11 is 0. The molecule has 0 aliphatic heterocycles. The summed E-state index contributed by atoms with van der Waals surface area (Å²) in [5, 5.41) is 3.71. The molecule has 0 unspecified atom stereocenters. The molecule has 0 saturated heterocycles. The van der Waals surface area contributed by atoms with Gasteiger partial charge in [0.2, 0.25) is 0 Å². The molecule has 23 heavy (non-hydrogen) atoms. The largest absolute Gasteiger partial charge is 0.462 e. The minimum atomic E-state index is -4.78. The first-order valence-corrected chi connectivity index (χ1v) is 6.68. The van der Waals surface area contributed by atoms with Crippen molar-refractivity contribution in [3.05, 3.63) is 48.0 Å². The molecule has 0 N–H and O–H groups in total. The molecule has 0 aliphatic rings. The summed E-state index contributed by atoms with van der Waals surface area (Å²) in [6.45, 7) is 1.48. The van der Waals surface area contributed by atoms with Crippen LogP contribution in [0.2, 0.25) is 0 Å². The standard InChI is InChI=1S/C14H11F3N4O2/c1-2-23-13(22)9-7-19-21(12(9)14(15,16)17)11-8-18-10-5-3-4-6-20(10)11/h3-8H,2H2,1H3. The Bertz CT molecular complexity index is 866. The van der Waals surface area contributed by atoms with Crippen LogP contribution in [0.25, 0.3) is 11.5 Å². The predicted octanol–water partition coefficient (Wildman–Crippen LogP) is 2.72. The molecule has 3 aromatic rings. The molecule has 0 aromatic carbocycles. The van der Waals surface area contributed by atoms with E-state index in [1.807, 2.05) is 0 Å². The fourth-order valence-electron chi connectivity index (χ4n) is 2.23. The van der Waals surface area contributed by atoms with Crippen molar-refractivity contribution in [3.63, 3.8) is 0 Å². The molecule has 0 amide bonds. The van der Waals surface area contributed by atoms with E-state index >= 15 is 0 Å². The highest BCUT2D eigenvalue weighted by Crippen LogP contribution is 2.34. The molecule has 0 spiro atoms. The number of aromatic nitrogens is 4. The number of carbonyl (C=O) groups is 1. The number of ether oxygens (including phenoxy) is 1. The van der Waals surface area contributed by atoms with Gasteiger partial charge in [-0.1, -0.05) is 6.07 Å². The molecular formula is C14H11F3N4O2. The van der Waals surface area contributed by atoms with E-state index in [1.54, 1.807) is 24.4 Å². The molecule has 0 aliphatic carbocycles. The van der Waals surface area contributed by atoms with Gasteiger partial charge in [0.1, 0.15) is 11.2 Å². The molecule has 3 aromatic heterocycles. The average Bonchev–Trinajstić information content (AvgIpc) is 3.10. The monoisotopic (exact) mass is 324 g/mol. The number of esters is 1. The number of fused-ring (bicyclic) bond motifs is 1. The molecule has 6 nitrogen and oxygen atoms in total. The zero-order chi connectivity index (χ0) is 16.6. The van der Waals surface area contributed by atoms with Crippen LogP contribution >= 0.6 is 0 Å². The van der Waals surface area contributed by atoms with E-state index in [-0.39, 0.29) is 12.4 Å². The second-order valence-electron chi connectivity index (χ2n) is 4.58. The highest BCUT2D eigenvalue weighted by atomic mass is 19.4. The van der Waals surface area contributed by atoms with Gasteiger partial charge in [-0.3, -0.25) is 4.40 Å². The molecular weight excluding hydrogens is 313 g/mol. The van der Waals surface area contributed by atoms with Crippen LogP contribution in [-0.4, -0.2) is 31.7 Å². The number of hydrogen-bond acceptors (Lipinski definition) is 4. The topological polar surface area (TPSA) is 61.4 Å². The van der Waals surface area contributed by atoms with Crippen molar-refractivity contribution in [2.45, 2.75) is 13.1 Å². The Morgan fingerprint density at radius 3 is 2.78 bits per heavy atom. The van der Waals surface area contributed by atoms with Crippen LogP contribution < -0.4 is 0 Å². The number of alkyl halides is 3. The van der Waals surface area contributed by atoms with Crippen LogP contribution in [0.15, 0.2) is 36.8 Å². The zero-order valence-corrected chi connectivity index (χ0v) is 11.9. The van der Waals surface area contributed by atoms with Gasteiger partial charge in [0.15, 0.2) is 11.5 Å². The Hall–Kier alpha value is -2.84. The lowest BCUT2D eigenvalue weighted by Gasteiger charge is -2.11. The molecule has 3 heterocycles. The number of imidazole rings is 1. The Morgan fingerprint density at radius 1 is 1.30 bits per heavy atom. The van der Waals surface area contributed by atoms with Crippen molar-refractivity contribution in [2.24, 2.45) is 0 Å². The van der Waals surface area contributed by atoms with Crippen LogP contribution in [0, 0.1) is 0 Å². The summed E-state index contributed by atoms with van der Waals surface area (Å²) in [6.07, 6.45) is -1.11. The third kappa shape index (κ3) is 2.54. The van der Waals surface area contributed by atoms with Gasteiger partial charge < -0.3 is 4.74 Å². The maximum absolute atomic E-state index is 13.4. The van der Waals surface area contributed by atoms with Crippen LogP contribution in [-0.2, 0) is 10.9 Å². The van der Waals surface area contributed by atoms with Crippen molar-refractivity contribution in [3.8, 4) is 5.82 Å². The number of halogens is 3. The molecule has 0 fully saturated rings. The zero-order valence-electron chi connectivity index (χ0n) is 11.9. The van der Waals surface area contributed by atoms with Crippen LogP contribution in [0.5, 0.6) is 0 Å². The molecule has 9 heteroatoms. The van der Waals surface area contributed by atoms with Gasteiger partial charge in [-0.15, -0.1) is 0 Å². The van der Waals surface area contributed by atoms with E-state index in [1.165, 1.54) is 17.5 Å². The lowest BCUT2D eigenvalue weighted by Crippen LogP contribution is -2.19. The summed E-state index contributed by atoms with van der Waals surface area (Å²) in [7, 11) is 0. The fourth-order valence-corrected chi connectivity index (χ4v) is 2.23. The fraction of sp³-hybridized carbons (Fsp3) is 0.214. The van der Waals surface area contributed by atoms with E-state index in [4.69, 9.17) is 0 Å². The number of pyridine rings is 1. The normalized spacial score (nSPS) is 11.8. The quantitative estimate of drug-likeness (QED) is 0.695. The Balaban J connectivity index is 2.22. The van der Waals surface area contributed by atoms with E-state index in [0.29, 0.717) is 10.3 Å². The first-order chi connectivity index (χ1) is 10.9. The SMILES string of the molecule is CCOC(=O)c1cnn(-c2cnc3ccccn23)c1C(F)(F)F. The van der Waals surface area contributed by atoms with E-state index in [9.17, 15) is 18.0 Å². The number of rotatable bonds is 3. The van der Waals surface area contributed by atoms with Gasteiger partial charge in [0.25, 0.3) is 0 Å². The second kappa shape index (κ2) is 5.41. The third-order valence-electron chi connectivity index (χ3n) is 3.15. The summed E-state index contributed by atoms with van der Waals surface area (Å²) in [6, 6.07) is 5.01.